The summed E-state index contributed by atoms with van der Waals surface area (Å²) in [6, 6.07) is 14.7. The van der Waals surface area contributed by atoms with Crippen molar-refractivity contribution in [3.8, 4) is 0 Å². The molecule has 0 aliphatic carbocycles. The lowest BCUT2D eigenvalue weighted by Crippen LogP contribution is -2.32. The molecule has 0 fully saturated rings. The molecule has 0 bridgehead atoms. The molecule has 1 atom stereocenters. The van der Waals surface area contributed by atoms with Crippen LogP contribution in [0.1, 0.15) is 71.5 Å². The molecule has 2 rings (SSSR count). The Morgan fingerprint density at radius 1 is 0.897 bits per heavy atom. The van der Waals surface area contributed by atoms with Crippen LogP contribution in [0.2, 0.25) is 0 Å². The van der Waals surface area contributed by atoms with Gasteiger partial charge in [-0.2, -0.15) is 0 Å². The fourth-order valence-corrected chi connectivity index (χ4v) is 3.01. The Morgan fingerprint density at radius 3 is 1.86 bits per heavy atom. The standard InChI is InChI=1S/C23H31N3O2.ClH/c1-5-26(6-2)23(28)20-13-11-19(12-14-20)22(27)25-15-21(24)18-9-7-17(8-10-18)16(3)4;/h7-14,16,21H,5-6,15,24H2,1-4H3,(H,25,27);1H. The number of nitrogens with zero attached hydrogens (tertiary/aromatic N) is 1. The lowest BCUT2D eigenvalue weighted by atomic mass is 9.99. The normalized spacial score (nSPS) is 11.5. The number of rotatable bonds is 8. The summed E-state index contributed by atoms with van der Waals surface area (Å²) in [7, 11) is 0. The van der Waals surface area contributed by atoms with E-state index >= 15 is 0 Å². The summed E-state index contributed by atoms with van der Waals surface area (Å²) < 4.78 is 0. The van der Waals surface area contributed by atoms with E-state index in [-0.39, 0.29) is 30.3 Å². The molecule has 1 unspecified atom stereocenters. The summed E-state index contributed by atoms with van der Waals surface area (Å²) in [6.07, 6.45) is 0. The number of carbonyl (C=O) groups excluding carboxylic acids is 2. The summed E-state index contributed by atoms with van der Waals surface area (Å²) in [4.78, 5) is 26.5. The van der Waals surface area contributed by atoms with Gasteiger partial charge >= 0.3 is 0 Å². The Hall–Kier alpha value is -2.37. The van der Waals surface area contributed by atoms with Gasteiger partial charge in [-0.25, -0.2) is 0 Å². The van der Waals surface area contributed by atoms with Crippen LogP contribution in [0.3, 0.4) is 0 Å². The van der Waals surface area contributed by atoms with Crippen LogP contribution >= 0.6 is 12.4 Å². The number of hydrogen-bond acceptors (Lipinski definition) is 3. The molecule has 0 aliphatic heterocycles. The SMILES string of the molecule is CCN(CC)C(=O)c1ccc(C(=O)NCC(N)c2ccc(C(C)C)cc2)cc1.Cl. The molecule has 2 aromatic carbocycles. The predicted molar refractivity (Wildman–Crippen MR) is 121 cm³/mol. The zero-order valence-electron chi connectivity index (χ0n) is 17.6. The summed E-state index contributed by atoms with van der Waals surface area (Å²) in [5, 5.41) is 2.87. The van der Waals surface area contributed by atoms with Crippen molar-refractivity contribution in [3.63, 3.8) is 0 Å². The highest BCUT2D eigenvalue weighted by atomic mass is 35.5. The number of nitrogens with two attached hydrogens (primary N) is 1. The van der Waals surface area contributed by atoms with Crippen molar-refractivity contribution >= 4 is 24.2 Å². The second-order valence-corrected chi connectivity index (χ2v) is 7.19. The average Bonchev–Trinajstić information content (AvgIpc) is 2.72. The largest absolute Gasteiger partial charge is 0.350 e. The van der Waals surface area contributed by atoms with Crippen molar-refractivity contribution in [3.05, 3.63) is 70.8 Å². The smallest absolute Gasteiger partial charge is 0.253 e. The van der Waals surface area contributed by atoms with Gasteiger partial charge in [-0.1, -0.05) is 38.1 Å². The van der Waals surface area contributed by atoms with E-state index in [0.717, 1.165) is 5.56 Å². The lowest BCUT2D eigenvalue weighted by Gasteiger charge is -2.18. The van der Waals surface area contributed by atoms with Crippen LogP contribution in [0.25, 0.3) is 0 Å². The highest BCUT2D eigenvalue weighted by Gasteiger charge is 2.14. The van der Waals surface area contributed by atoms with Gasteiger partial charge in [0, 0.05) is 36.8 Å². The predicted octanol–water partition coefficient (Wildman–Crippen LogP) is 4.14. The van der Waals surface area contributed by atoms with E-state index in [0.29, 0.717) is 36.7 Å². The average molecular weight is 418 g/mol. The number of hydrogen-bond donors (Lipinski definition) is 2. The topological polar surface area (TPSA) is 75.4 Å². The molecular weight excluding hydrogens is 386 g/mol. The van der Waals surface area contributed by atoms with Crippen LogP contribution in [-0.4, -0.2) is 36.3 Å². The van der Waals surface area contributed by atoms with E-state index in [1.54, 1.807) is 29.2 Å². The number of amides is 2. The molecule has 0 spiro atoms. The Balaban J connectivity index is 0.00000420. The molecule has 0 saturated heterocycles. The fraction of sp³-hybridized carbons (Fsp3) is 0.391. The summed E-state index contributed by atoms with van der Waals surface area (Å²) >= 11 is 0. The molecule has 0 saturated carbocycles. The van der Waals surface area contributed by atoms with Crippen molar-refractivity contribution in [2.24, 2.45) is 5.73 Å². The van der Waals surface area contributed by atoms with Crippen LogP contribution < -0.4 is 11.1 Å². The van der Waals surface area contributed by atoms with Crippen LogP contribution in [0.15, 0.2) is 48.5 Å². The maximum atomic E-state index is 12.4. The molecule has 158 valence electrons. The first-order valence-electron chi connectivity index (χ1n) is 9.90. The zero-order valence-corrected chi connectivity index (χ0v) is 18.5. The first-order valence-corrected chi connectivity index (χ1v) is 9.90. The van der Waals surface area contributed by atoms with Gasteiger partial charge in [0.05, 0.1) is 0 Å². The maximum Gasteiger partial charge on any atom is 0.253 e. The second kappa shape index (κ2) is 11.6. The minimum absolute atomic E-state index is 0. The van der Waals surface area contributed by atoms with Gasteiger partial charge in [-0.3, -0.25) is 9.59 Å². The lowest BCUT2D eigenvalue weighted by molar-refractivity contribution is 0.0772. The van der Waals surface area contributed by atoms with Gasteiger partial charge in [-0.15, -0.1) is 12.4 Å². The van der Waals surface area contributed by atoms with Crippen molar-refractivity contribution in [2.45, 2.75) is 39.7 Å². The van der Waals surface area contributed by atoms with Gasteiger partial charge in [-0.05, 0) is 55.2 Å². The minimum atomic E-state index is -0.270. The molecule has 2 aromatic rings. The Morgan fingerprint density at radius 2 is 1.38 bits per heavy atom. The fourth-order valence-electron chi connectivity index (χ4n) is 3.01. The van der Waals surface area contributed by atoms with E-state index in [1.165, 1.54) is 5.56 Å². The monoisotopic (exact) mass is 417 g/mol. The summed E-state index contributed by atoms with van der Waals surface area (Å²) in [5.74, 6) is 0.251. The Labute approximate surface area is 180 Å². The minimum Gasteiger partial charge on any atom is -0.350 e. The molecular formula is C23H32ClN3O2. The number of nitrogens with one attached hydrogen (secondary N) is 1. The Bertz CT molecular complexity index is 785. The van der Waals surface area contributed by atoms with Gasteiger partial charge in [0.2, 0.25) is 0 Å². The van der Waals surface area contributed by atoms with E-state index in [4.69, 9.17) is 5.73 Å². The first kappa shape index (κ1) is 24.7. The number of benzene rings is 2. The van der Waals surface area contributed by atoms with Gasteiger partial charge in [0.15, 0.2) is 0 Å². The molecule has 0 radical (unpaired) electrons. The van der Waals surface area contributed by atoms with E-state index in [9.17, 15) is 9.59 Å². The maximum absolute atomic E-state index is 12.4. The number of halogens is 1. The molecule has 3 N–H and O–H groups in total. The molecule has 0 heterocycles. The molecule has 0 aromatic heterocycles. The third-order valence-corrected chi connectivity index (χ3v) is 4.96. The van der Waals surface area contributed by atoms with Crippen LogP contribution in [0.5, 0.6) is 0 Å². The Kier molecular flexibility index (Phi) is 9.86. The molecule has 5 nitrogen and oxygen atoms in total. The molecule has 0 aliphatic rings. The van der Waals surface area contributed by atoms with E-state index < -0.39 is 0 Å². The highest BCUT2D eigenvalue weighted by Crippen LogP contribution is 2.17. The zero-order chi connectivity index (χ0) is 20.7. The molecule has 6 heteroatoms. The quantitative estimate of drug-likeness (QED) is 0.677. The van der Waals surface area contributed by atoms with Gasteiger partial charge in [0.25, 0.3) is 11.8 Å². The van der Waals surface area contributed by atoms with Crippen molar-refractivity contribution < 1.29 is 9.59 Å². The summed E-state index contributed by atoms with van der Waals surface area (Å²) in [6.45, 7) is 9.86. The van der Waals surface area contributed by atoms with E-state index in [2.05, 4.69) is 31.3 Å². The molecule has 2 amide bonds. The van der Waals surface area contributed by atoms with Crippen molar-refractivity contribution in [1.82, 2.24) is 10.2 Å². The summed E-state index contributed by atoms with van der Waals surface area (Å²) in [5.41, 5.74) is 9.56. The number of carbonyl (C=O) groups is 2. The van der Waals surface area contributed by atoms with Gasteiger partial charge < -0.3 is 16.0 Å². The van der Waals surface area contributed by atoms with E-state index in [1.807, 2.05) is 26.0 Å². The molecule has 29 heavy (non-hydrogen) atoms. The third-order valence-electron chi connectivity index (χ3n) is 4.96. The second-order valence-electron chi connectivity index (χ2n) is 7.19. The van der Waals surface area contributed by atoms with Crippen LogP contribution in [0.4, 0.5) is 0 Å². The van der Waals surface area contributed by atoms with Crippen LogP contribution in [0, 0.1) is 0 Å². The van der Waals surface area contributed by atoms with Crippen molar-refractivity contribution in [2.75, 3.05) is 19.6 Å². The third kappa shape index (κ3) is 6.58. The first-order chi connectivity index (χ1) is 13.4. The van der Waals surface area contributed by atoms with Crippen LogP contribution in [-0.2, 0) is 0 Å². The van der Waals surface area contributed by atoms with Gasteiger partial charge in [0.1, 0.15) is 0 Å². The van der Waals surface area contributed by atoms with Crippen molar-refractivity contribution in [1.29, 1.82) is 0 Å². The highest BCUT2D eigenvalue weighted by molar-refractivity contribution is 5.97.